The smallest absolute Gasteiger partial charge is 0.414 e. The van der Waals surface area contributed by atoms with E-state index in [4.69, 9.17) is 4.74 Å². The quantitative estimate of drug-likeness (QED) is 0.847. The Morgan fingerprint density at radius 3 is 2.68 bits per heavy atom. The van der Waals surface area contributed by atoms with Gasteiger partial charge in [0.1, 0.15) is 5.60 Å². The van der Waals surface area contributed by atoms with Crippen LogP contribution in [0.25, 0.3) is 0 Å². The van der Waals surface area contributed by atoms with Gasteiger partial charge in [0.25, 0.3) is 0 Å². The molecule has 2 rings (SSSR count). The first-order chi connectivity index (χ1) is 8.78. The minimum Gasteiger partial charge on any atom is -0.443 e. The van der Waals surface area contributed by atoms with Crippen molar-refractivity contribution in [3.63, 3.8) is 0 Å². The molecule has 0 radical (unpaired) electrons. The Bertz CT molecular complexity index is 489. The van der Waals surface area contributed by atoms with Crippen molar-refractivity contribution in [1.82, 2.24) is 0 Å². The largest absolute Gasteiger partial charge is 0.443 e. The highest BCUT2D eigenvalue weighted by molar-refractivity contribution is 5.90. The molecule has 1 aliphatic rings. The molecule has 1 amide bonds. The molecule has 1 heterocycles. The van der Waals surface area contributed by atoms with Crippen molar-refractivity contribution >= 4 is 11.8 Å². The predicted molar refractivity (Wildman–Crippen MR) is 74.4 cm³/mol. The van der Waals surface area contributed by atoms with E-state index in [1.54, 1.807) is 11.8 Å². The number of fused-ring (bicyclic) bond motifs is 1. The highest BCUT2D eigenvalue weighted by Gasteiger charge is 2.29. The summed E-state index contributed by atoms with van der Waals surface area (Å²) in [7, 11) is 0. The number of hydrogen-bond acceptors (Lipinski definition) is 3. The average Bonchev–Trinajstić information content (AvgIpc) is 2.68. The first-order valence-electron chi connectivity index (χ1n) is 6.59. The van der Waals surface area contributed by atoms with Crippen LogP contribution in [-0.2, 0) is 11.2 Å². The van der Waals surface area contributed by atoms with Crippen LogP contribution in [0.3, 0.4) is 0 Å². The molecule has 0 bridgehead atoms. The lowest BCUT2D eigenvalue weighted by Gasteiger charge is -2.24. The highest BCUT2D eigenvalue weighted by Crippen LogP contribution is 2.31. The Hall–Kier alpha value is -1.55. The maximum absolute atomic E-state index is 12.1. The molecule has 104 valence electrons. The number of benzene rings is 1. The van der Waals surface area contributed by atoms with Crippen LogP contribution in [0.4, 0.5) is 10.5 Å². The van der Waals surface area contributed by atoms with E-state index in [0.717, 1.165) is 23.2 Å². The summed E-state index contributed by atoms with van der Waals surface area (Å²) in [6, 6.07) is 5.70. The fraction of sp³-hybridized carbons (Fsp3) is 0.533. The molecule has 4 nitrogen and oxygen atoms in total. The number of nitrogens with zero attached hydrogens (tertiary/aromatic N) is 1. The van der Waals surface area contributed by atoms with E-state index >= 15 is 0 Å². The molecule has 0 saturated carbocycles. The molecule has 0 saturated heterocycles. The number of ether oxygens (including phenoxy) is 1. The molecule has 1 atom stereocenters. The van der Waals surface area contributed by atoms with Crippen LogP contribution in [0.15, 0.2) is 18.2 Å². The summed E-state index contributed by atoms with van der Waals surface area (Å²) in [5.74, 6) is 0. The highest BCUT2D eigenvalue weighted by atomic mass is 16.6. The summed E-state index contributed by atoms with van der Waals surface area (Å²) in [6.07, 6.45) is 0.00622. The molecule has 1 aromatic carbocycles. The monoisotopic (exact) mass is 263 g/mol. The number of rotatable bonds is 1. The van der Waals surface area contributed by atoms with Crippen molar-refractivity contribution in [2.24, 2.45) is 0 Å². The fourth-order valence-electron chi connectivity index (χ4n) is 2.19. The van der Waals surface area contributed by atoms with E-state index in [9.17, 15) is 9.90 Å². The number of anilines is 1. The summed E-state index contributed by atoms with van der Waals surface area (Å²) in [5.41, 5.74) is 2.37. The minimum absolute atomic E-state index is 0.309. The van der Waals surface area contributed by atoms with E-state index < -0.39 is 11.7 Å². The van der Waals surface area contributed by atoms with E-state index in [0.29, 0.717) is 6.54 Å². The number of carbonyl (C=O) groups excluding carboxylic acids is 1. The van der Waals surface area contributed by atoms with Crippen molar-refractivity contribution in [1.29, 1.82) is 0 Å². The van der Waals surface area contributed by atoms with Crippen LogP contribution >= 0.6 is 0 Å². The van der Waals surface area contributed by atoms with Crippen LogP contribution in [0, 0.1) is 0 Å². The fourth-order valence-corrected chi connectivity index (χ4v) is 2.19. The molecule has 19 heavy (non-hydrogen) atoms. The Balaban J connectivity index is 2.21. The van der Waals surface area contributed by atoms with E-state index in [1.165, 1.54) is 0 Å². The maximum Gasteiger partial charge on any atom is 0.414 e. The third-order valence-electron chi connectivity index (χ3n) is 3.10. The van der Waals surface area contributed by atoms with Crippen LogP contribution in [-0.4, -0.2) is 23.3 Å². The normalized spacial score (nSPS) is 16.2. The summed E-state index contributed by atoms with van der Waals surface area (Å²) >= 11 is 0. The lowest BCUT2D eigenvalue weighted by molar-refractivity contribution is 0.0584. The van der Waals surface area contributed by atoms with Gasteiger partial charge in [0.05, 0.1) is 11.8 Å². The van der Waals surface area contributed by atoms with Gasteiger partial charge in [-0.25, -0.2) is 4.79 Å². The standard InChI is InChI=1S/C15H21NO3/c1-10(17)11-5-6-13-12(9-11)7-8-16(13)14(18)19-15(2,3)4/h5-6,9-10,17H,7-8H2,1-4H3. The summed E-state index contributed by atoms with van der Waals surface area (Å²) < 4.78 is 5.39. The van der Waals surface area contributed by atoms with Gasteiger partial charge >= 0.3 is 6.09 Å². The summed E-state index contributed by atoms with van der Waals surface area (Å²) in [6.45, 7) is 7.95. The number of hydrogen-bond donors (Lipinski definition) is 1. The molecular formula is C15H21NO3. The zero-order valence-corrected chi connectivity index (χ0v) is 11.9. The lowest BCUT2D eigenvalue weighted by atomic mass is 10.1. The Labute approximate surface area is 114 Å². The zero-order chi connectivity index (χ0) is 14.2. The molecule has 1 N–H and O–H groups in total. The van der Waals surface area contributed by atoms with Crippen LogP contribution < -0.4 is 4.90 Å². The number of aliphatic hydroxyl groups excluding tert-OH is 1. The van der Waals surface area contributed by atoms with E-state index in [1.807, 2.05) is 39.0 Å². The molecule has 0 fully saturated rings. The first-order valence-corrected chi connectivity index (χ1v) is 6.59. The average molecular weight is 263 g/mol. The van der Waals surface area contributed by atoms with Crippen molar-refractivity contribution in [3.8, 4) is 0 Å². The van der Waals surface area contributed by atoms with Crippen molar-refractivity contribution in [2.45, 2.75) is 45.8 Å². The van der Waals surface area contributed by atoms with Gasteiger partial charge in [-0.05, 0) is 51.3 Å². The molecule has 4 heteroatoms. The number of carbonyl (C=O) groups is 1. The predicted octanol–water partition coefficient (Wildman–Crippen LogP) is 3.04. The van der Waals surface area contributed by atoms with Crippen molar-refractivity contribution in [2.75, 3.05) is 11.4 Å². The number of aliphatic hydroxyl groups is 1. The lowest BCUT2D eigenvalue weighted by Crippen LogP contribution is -2.35. The zero-order valence-electron chi connectivity index (χ0n) is 11.9. The molecule has 0 aromatic heterocycles. The molecule has 0 aliphatic carbocycles. The second-order valence-corrected chi connectivity index (χ2v) is 5.95. The molecule has 0 spiro atoms. The van der Waals surface area contributed by atoms with Gasteiger partial charge in [0.15, 0.2) is 0 Å². The Morgan fingerprint density at radius 1 is 1.42 bits per heavy atom. The van der Waals surface area contributed by atoms with Gasteiger partial charge in [-0.3, -0.25) is 4.90 Å². The minimum atomic E-state index is -0.487. The first kappa shape index (κ1) is 13.9. The van der Waals surface area contributed by atoms with Gasteiger partial charge < -0.3 is 9.84 Å². The van der Waals surface area contributed by atoms with Crippen molar-refractivity contribution in [3.05, 3.63) is 29.3 Å². The van der Waals surface area contributed by atoms with Crippen LogP contribution in [0.1, 0.15) is 44.9 Å². The van der Waals surface area contributed by atoms with Gasteiger partial charge in [-0.1, -0.05) is 12.1 Å². The maximum atomic E-state index is 12.1. The van der Waals surface area contributed by atoms with Crippen LogP contribution in [0.5, 0.6) is 0 Å². The van der Waals surface area contributed by atoms with Gasteiger partial charge in [0, 0.05) is 6.54 Å². The summed E-state index contributed by atoms with van der Waals surface area (Å²) in [4.78, 5) is 13.8. The molecule has 1 aromatic rings. The van der Waals surface area contributed by atoms with Gasteiger partial charge in [-0.2, -0.15) is 0 Å². The number of amides is 1. The summed E-state index contributed by atoms with van der Waals surface area (Å²) in [5, 5.41) is 9.58. The second kappa shape index (κ2) is 4.85. The SMILES string of the molecule is CC(O)c1ccc2c(c1)CCN2C(=O)OC(C)(C)C. The van der Waals surface area contributed by atoms with Gasteiger partial charge in [-0.15, -0.1) is 0 Å². The van der Waals surface area contributed by atoms with Crippen molar-refractivity contribution < 1.29 is 14.6 Å². The van der Waals surface area contributed by atoms with Crippen LogP contribution in [0.2, 0.25) is 0 Å². The molecule has 1 aliphatic heterocycles. The second-order valence-electron chi connectivity index (χ2n) is 5.95. The Kier molecular flexibility index (Phi) is 3.54. The van der Waals surface area contributed by atoms with Gasteiger partial charge in [0.2, 0.25) is 0 Å². The third kappa shape index (κ3) is 3.07. The third-order valence-corrected chi connectivity index (χ3v) is 3.10. The topological polar surface area (TPSA) is 49.8 Å². The molecule has 1 unspecified atom stereocenters. The Morgan fingerprint density at radius 2 is 2.11 bits per heavy atom. The van der Waals surface area contributed by atoms with E-state index in [-0.39, 0.29) is 6.09 Å². The molecular weight excluding hydrogens is 242 g/mol. The van der Waals surface area contributed by atoms with E-state index in [2.05, 4.69) is 0 Å².